The van der Waals surface area contributed by atoms with Crippen molar-refractivity contribution in [3.05, 3.63) is 22.8 Å². The lowest BCUT2D eigenvalue weighted by Gasteiger charge is -2.25. The molecule has 0 aliphatic rings. The molecule has 2 N–H and O–H groups in total. The van der Waals surface area contributed by atoms with Crippen LogP contribution in [0.15, 0.2) is 12.1 Å². The minimum atomic E-state index is -0.482. The maximum Gasteiger partial charge on any atom is 0.272 e. The zero-order valence-electron chi connectivity index (χ0n) is 12.4. The molecule has 0 saturated heterocycles. The van der Waals surface area contributed by atoms with E-state index in [2.05, 4.69) is 22.5 Å². The van der Waals surface area contributed by atoms with Crippen molar-refractivity contribution in [1.29, 1.82) is 0 Å². The van der Waals surface area contributed by atoms with Crippen molar-refractivity contribution < 1.29 is 9.53 Å². The molecule has 0 aliphatic carbocycles. The Morgan fingerprint density at radius 2 is 2.15 bits per heavy atom. The van der Waals surface area contributed by atoms with Gasteiger partial charge in [-0.15, -0.1) is 0 Å². The van der Waals surface area contributed by atoms with Crippen LogP contribution in [0.3, 0.4) is 0 Å². The van der Waals surface area contributed by atoms with E-state index in [9.17, 15) is 4.79 Å². The number of amides is 1. The van der Waals surface area contributed by atoms with Gasteiger partial charge in [-0.1, -0.05) is 18.5 Å². The number of nitrogens with zero attached hydrogens (tertiary/aromatic N) is 1. The molecule has 6 heteroatoms. The molecule has 0 unspecified atom stereocenters. The Kier molecular flexibility index (Phi) is 6.23. The molecule has 0 atom stereocenters. The van der Waals surface area contributed by atoms with Gasteiger partial charge in [0.15, 0.2) is 0 Å². The highest BCUT2D eigenvalue weighted by molar-refractivity contribution is 6.33. The zero-order valence-corrected chi connectivity index (χ0v) is 13.2. The number of nitrogens with one attached hydrogen (secondary N) is 2. The largest absolute Gasteiger partial charge is 0.382 e. The first-order valence-electron chi connectivity index (χ1n) is 6.61. The molecule has 0 spiro atoms. The van der Waals surface area contributed by atoms with E-state index in [4.69, 9.17) is 16.3 Å². The lowest BCUT2D eigenvalue weighted by molar-refractivity contribution is 0.0815. The van der Waals surface area contributed by atoms with E-state index in [1.165, 1.54) is 0 Å². The van der Waals surface area contributed by atoms with Crippen molar-refractivity contribution in [1.82, 2.24) is 10.3 Å². The molecule has 0 aliphatic heterocycles. The van der Waals surface area contributed by atoms with Crippen LogP contribution in [0.1, 0.15) is 37.7 Å². The predicted molar refractivity (Wildman–Crippen MR) is 81.4 cm³/mol. The van der Waals surface area contributed by atoms with E-state index in [1.54, 1.807) is 19.2 Å². The van der Waals surface area contributed by atoms with Gasteiger partial charge in [0, 0.05) is 13.7 Å². The third-order valence-electron chi connectivity index (χ3n) is 2.57. The maximum atomic E-state index is 12.2. The fourth-order valence-corrected chi connectivity index (χ4v) is 1.91. The lowest BCUT2D eigenvalue weighted by Crippen LogP contribution is -2.47. The summed E-state index contributed by atoms with van der Waals surface area (Å²) >= 11 is 6.05. The highest BCUT2D eigenvalue weighted by atomic mass is 35.5. The van der Waals surface area contributed by atoms with E-state index >= 15 is 0 Å². The number of hydrogen-bond acceptors (Lipinski definition) is 4. The SMILES string of the molecule is CCCNc1ccc(Cl)c(C(=O)NC(C)(C)COC)n1. The van der Waals surface area contributed by atoms with Gasteiger partial charge in [0.2, 0.25) is 0 Å². The summed E-state index contributed by atoms with van der Waals surface area (Å²) in [7, 11) is 1.59. The van der Waals surface area contributed by atoms with Crippen LogP contribution in [-0.2, 0) is 4.74 Å². The first-order chi connectivity index (χ1) is 9.39. The van der Waals surface area contributed by atoms with Gasteiger partial charge in [-0.3, -0.25) is 4.79 Å². The van der Waals surface area contributed by atoms with Crippen molar-refractivity contribution in [2.24, 2.45) is 0 Å². The second kappa shape index (κ2) is 7.45. The van der Waals surface area contributed by atoms with Gasteiger partial charge in [0.25, 0.3) is 5.91 Å². The summed E-state index contributed by atoms with van der Waals surface area (Å²) in [5, 5.41) is 6.32. The molecule has 0 bridgehead atoms. The number of anilines is 1. The molecular weight excluding hydrogens is 278 g/mol. The molecule has 1 rings (SSSR count). The van der Waals surface area contributed by atoms with Crippen LogP contribution in [0.25, 0.3) is 0 Å². The van der Waals surface area contributed by atoms with Gasteiger partial charge < -0.3 is 15.4 Å². The summed E-state index contributed by atoms with van der Waals surface area (Å²) in [6.07, 6.45) is 0.979. The number of hydrogen-bond donors (Lipinski definition) is 2. The van der Waals surface area contributed by atoms with Crippen molar-refractivity contribution in [2.45, 2.75) is 32.7 Å². The van der Waals surface area contributed by atoms with Gasteiger partial charge in [-0.05, 0) is 32.4 Å². The second-order valence-electron chi connectivity index (χ2n) is 5.22. The van der Waals surface area contributed by atoms with E-state index < -0.39 is 5.54 Å². The fraction of sp³-hybridized carbons (Fsp3) is 0.571. The molecule has 20 heavy (non-hydrogen) atoms. The first-order valence-corrected chi connectivity index (χ1v) is 6.99. The van der Waals surface area contributed by atoms with Gasteiger partial charge in [-0.25, -0.2) is 4.98 Å². The number of pyridine rings is 1. The zero-order chi connectivity index (χ0) is 15.2. The molecule has 0 fully saturated rings. The standard InChI is InChI=1S/C14H22ClN3O2/c1-5-8-16-11-7-6-10(15)12(17-11)13(19)18-14(2,3)9-20-4/h6-7H,5,8-9H2,1-4H3,(H,16,17)(H,18,19). The number of carbonyl (C=O) groups is 1. The highest BCUT2D eigenvalue weighted by Crippen LogP contribution is 2.17. The van der Waals surface area contributed by atoms with Gasteiger partial charge in [0.1, 0.15) is 11.5 Å². The maximum absolute atomic E-state index is 12.2. The third kappa shape index (κ3) is 4.98. The van der Waals surface area contributed by atoms with Crippen molar-refractivity contribution in [3.8, 4) is 0 Å². The topological polar surface area (TPSA) is 63.2 Å². The molecule has 1 amide bonds. The fourth-order valence-electron chi connectivity index (χ4n) is 1.72. The van der Waals surface area contributed by atoms with E-state index in [-0.39, 0.29) is 11.6 Å². The van der Waals surface area contributed by atoms with Crippen LogP contribution in [0.4, 0.5) is 5.82 Å². The van der Waals surface area contributed by atoms with Gasteiger partial charge in [-0.2, -0.15) is 0 Å². The Balaban J connectivity index is 2.86. The molecule has 0 aromatic carbocycles. The number of methoxy groups -OCH3 is 1. The average molecular weight is 300 g/mol. The Morgan fingerprint density at radius 3 is 2.75 bits per heavy atom. The third-order valence-corrected chi connectivity index (χ3v) is 2.88. The summed E-state index contributed by atoms with van der Waals surface area (Å²) in [5.41, 5.74) is -0.263. The van der Waals surface area contributed by atoms with Gasteiger partial charge >= 0.3 is 0 Å². The lowest BCUT2D eigenvalue weighted by atomic mass is 10.1. The number of aromatic nitrogens is 1. The van der Waals surface area contributed by atoms with Crippen molar-refractivity contribution in [2.75, 3.05) is 25.6 Å². The Labute approximate surface area is 125 Å². The molecule has 1 heterocycles. The van der Waals surface area contributed by atoms with Crippen LogP contribution >= 0.6 is 11.6 Å². The summed E-state index contributed by atoms with van der Waals surface area (Å²) in [6, 6.07) is 3.43. The van der Waals surface area contributed by atoms with E-state index in [1.807, 2.05) is 13.8 Å². The number of rotatable bonds is 7. The van der Waals surface area contributed by atoms with Crippen LogP contribution in [0, 0.1) is 0 Å². The first kappa shape index (κ1) is 16.7. The normalized spacial score (nSPS) is 11.2. The Morgan fingerprint density at radius 1 is 1.45 bits per heavy atom. The molecule has 0 radical (unpaired) electrons. The number of ether oxygens (including phenoxy) is 1. The monoisotopic (exact) mass is 299 g/mol. The predicted octanol–water partition coefficient (Wildman–Crippen LogP) is 2.71. The smallest absolute Gasteiger partial charge is 0.272 e. The number of carbonyl (C=O) groups excluding carboxylic acids is 1. The minimum absolute atomic E-state index is 0.219. The Bertz CT molecular complexity index is 464. The molecule has 112 valence electrons. The summed E-state index contributed by atoms with van der Waals surface area (Å²) in [5.74, 6) is 0.336. The molecule has 5 nitrogen and oxygen atoms in total. The average Bonchev–Trinajstić information content (AvgIpc) is 2.36. The Hall–Kier alpha value is -1.33. The summed E-state index contributed by atoms with van der Waals surface area (Å²) in [4.78, 5) is 16.5. The van der Waals surface area contributed by atoms with Crippen LogP contribution in [-0.4, -0.2) is 36.7 Å². The van der Waals surface area contributed by atoms with Crippen LogP contribution < -0.4 is 10.6 Å². The molecule has 0 saturated carbocycles. The highest BCUT2D eigenvalue weighted by Gasteiger charge is 2.23. The van der Waals surface area contributed by atoms with Crippen LogP contribution in [0.2, 0.25) is 5.02 Å². The van der Waals surface area contributed by atoms with E-state index in [0.29, 0.717) is 17.4 Å². The van der Waals surface area contributed by atoms with Crippen molar-refractivity contribution >= 4 is 23.3 Å². The second-order valence-corrected chi connectivity index (χ2v) is 5.63. The minimum Gasteiger partial charge on any atom is -0.382 e. The van der Waals surface area contributed by atoms with Gasteiger partial charge in [0.05, 0.1) is 17.2 Å². The molecule has 1 aromatic heterocycles. The molecule has 1 aromatic rings. The number of halogens is 1. The van der Waals surface area contributed by atoms with Crippen molar-refractivity contribution in [3.63, 3.8) is 0 Å². The summed E-state index contributed by atoms with van der Waals surface area (Å²) in [6.45, 7) is 7.02. The summed E-state index contributed by atoms with van der Waals surface area (Å²) < 4.78 is 5.07. The molecular formula is C14H22ClN3O2. The van der Waals surface area contributed by atoms with E-state index in [0.717, 1.165) is 13.0 Å². The van der Waals surface area contributed by atoms with Crippen LogP contribution in [0.5, 0.6) is 0 Å². The quantitative estimate of drug-likeness (QED) is 0.812.